The standard InChI is InChI=1S/C16H16N6O/c1-12(13-8-10-15(23-2)11-9-13)19-22-16(18-20-21-22)17-14-6-4-3-5-7-14/h3-11H,1-2H3,(H,17,18,21). The molecule has 1 heterocycles. The van der Waals surface area contributed by atoms with E-state index in [0.717, 1.165) is 22.7 Å². The number of nitrogens with zero attached hydrogens (tertiary/aromatic N) is 5. The Morgan fingerprint density at radius 2 is 1.83 bits per heavy atom. The van der Waals surface area contributed by atoms with Gasteiger partial charge in [0.1, 0.15) is 5.75 Å². The predicted molar refractivity (Wildman–Crippen MR) is 88.1 cm³/mol. The molecule has 116 valence electrons. The van der Waals surface area contributed by atoms with Crippen LogP contribution in [0, 0.1) is 0 Å². The van der Waals surface area contributed by atoms with Crippen molar-refractivity contribution in [2.75, 3.05) is 12.4 Å². The van der Waals surface area contributed by atoms with Gasteiger partial charge in [0.25, 0.3) is 5.95 Å². The SMILES string of the molecule is COc1ccc(C(C)=Nn2nnnc2Nc2ccccc2)cc1. The number of para-hydroxylation sites is 1. The van der Waals surface area contributed by atoms with Gasteiger partial charge in [-0.3, -0.25) is 0 Å². The molecule has 0 fully saturated rings. The third-order valence-electron chi connectivity index (χ3n) is 3.24. The molecule has 0 aliphatic carbocycles. The zero-order valence-electron chi connectivity index (χ0n) is 12.8. The fourth-order valence-electron chi connectivity index (χ4n) is 2.01. The third-order valence-corrected chi connectivity index (χ3v) is 3.24. The van der Waals surface area contributed by atoms with E-state index in [1.807, 2.05) is 61.5 Å². The van der Waals surface area contributed by atoms with Crippen molar-refractivity contribution in [3.8, 4) is 5.75 Å². The molecule has 3 aromatic rings. The average Bonchev–Trinajstić information content (AvgIpc) is 3.02. The van der Waals surface area contributed by atoms with E-state index in [1.165, 1.54) is 4.79 Å². The Bertz CT molecular complexity index is 795. The van der Waals surface area contributed by atoms with Gasteiger partial charge in [-0.05, 0) is 59.3 Å². The van der Waals surface area contributed by atoms with Crippen molar-refractivity contribution in [2.45, 2.75) is 6.92 Å². The fraction of sp³-hybridized carbons (Fsp3) is 0.125. The summed E-state index contributed by atoms with van der Waals surface area (Å²) in [6, 6.07) is 17.3. The van der Waals surface area contributed by atoms with E-state index in [-0.39, 0.29) is 0 Å². The molecular weight excluding hydrogens is 292 g/mol. The number of aromatic nitrogens is 4. The fourth-order valence-corrected chi connectivity index (χ4v) is 2.01. The molecule has 7 nitrogen and oxygen atoms in total. The Kier molecular flexibility index (Phi) is 4.28. The van der Waals surface area contributed by atoms with E-state index in [0.29, 0.717) is 5.95 Å². The highest BCUT2D eigenvalue weighted by molar-refractivity contribution is 5.98. The van der Waals surface area contributed by atoms with Crippen LogP contribution in [0.3, 0.4) is 0 Å². The molecular formula is C16H16N6O. The minimum atomic E-state index is 0.448. The Balaban J connectivity index is 1.83. The molecule has 0 saturated carbocycles. The first kappa shape index (κ1) is 14.7. The van der Waals surface area contributed by atoms with Gasteiger partial charge >= 0.3 is 0 Å². The van der Waals surface area contributed by atoms with Gasteiger partial charge in [0.05, 0.1) is 12.8 Å². The Labute approximate surface area is 133 Å². The molecule has 0 amide bonds. The minimum absolute atomic E-state index is 0.448. The van der Waals surface area contributed by atoms with Crippen molar-refractivity contribution < 1.29 is 4.74 Å². The maximum Gasteiger partial charge on any atom is 0.269 e. The molecule has 7 heteroatoms. The first-order chi connectivity index (χ1) is 11.3. The van der Waals surface area contributed by atoms with Crippen LogP contribution < -0.4 is 10.1 Å². The lowest BCUT2D eigenvalue weighted by atomic mass is 10.1. The molecule has 0 atom stereocenters. The molecule has 0 aliphatic heterocycles. The molecule has 3 rings (SSSR count). The van der Waals surface area contributed by atoms with Crippen LogP contribution in [0.4, 0.5) is 11.6 Å². The summed E-state index contributed by atoms with van der Waals surface area (Å²) < 4.78 is 5.15. The summed E-state index contributed by atoms with van der Waals surface area (Å²) in [7, 11) is 1.64. The van der Waals surface area contributed by atoms with Gasteiger partial charge in [-0.25, -0.2) is 0 Å². The molecule has 0 aliphatic rings. The van der Waals surface area contributed by atoms with E-state index in [9.17, 15) is 0 Å². The lowest BCUT2D eigenvalue weighted by Crippen LogP contribution is -2.05. The van der Waals surface area contributed by atoms with Gasteiger partial charge < -0.3 is 10.1 Å². The molecule has 0 spiro atoms. The molecule has 23 heavy (non-hydrogen) atoms. The average molecular weight is 308 g/mol. The van der Waals surface area contributed by atoms with E-state index in [2.05, 4.69) is 25.9 Å². The second kappa shape index (κ2) is 6.69. The zero-order chi connectivity index (χ0) is 16.1. The zero-order valence-corrected chi connectivity index (χ0v) is 12.8. The van der Waals surface area contributed by atoms with Gasteiger partial charge in [0, 0.05) is 5.69 Å². The summed E-state index contributed by atoms with van der Waals surface area (Å²) >= 11 is 0. The first-order valence-electron chi connectivity index (χ1n) is 7.07. The molecule has 0 bridgehead atoms. The third kappa shape index (κ3) is 3.52. The number of rotatable bonds is 5. The van der Waals surface area contributed by atoms with Crippen LogP contribution in [-0.4, -0.2) is 33.1 Å². The maximum absolute atomic E-state index is 5.15. The normalized spacial score (nSPS) is 11.3. The summed E-state index contributed by atoms with van der Waals surface area (Å²) in [5.41, 5.74) is 2.64. The topological polar surface area (TPSA) is 77.2 Å². The predicted octanol–water partition coefficient (Wildman–Crippen LogP) is 2.70. The van der Waals surface area contributed by atoms with Crippen LogP contribution in [0.5, 0.6) is 5.75 Å². The van der Waals surface area contributed by atoms with Crippen LogP contribution >= 0.6 is 0 Å². The highest BCUT2D eigenvalue weighted by Crippen LogP contribution is 2.14. The summed E-state index contributed by atoms with van der Waals surface area (Å²) in [4.78, 5) is 1.37. The molecule has 0 radical (unpaired) electrons. The molecule has 1 N–H and O–H groups in total. The van der Waals surface area contributed by atoms with Crippen molar-refractivity contribution in [3.63, 3.8) is 0 Å². The minimum Gasteiger partial charge on any atom is -0.497 e. The highest BCUT2D eigenvalue weighted by atomic mass is 16.5. The first-order valence-corrected chi connectivity index (χ1v) is 7.07. The number of methoxy groups -OCH3 is 1. The van der Waals surface area contributed by atoms with E-state index < -0.39 is 0 Å². The van der Waals surface area contributed by atoms with Gasteiger partial charge in [-0.2, -0.15) is 5.10 Å². The Morgan fingerprint density at radius 3 is 2.52 bits per heavy atom. The number of hydrogen-bond donors (Lipinski definition) is 1. The van der Waals surface area contributed by atoms with Gasteiger partial charge in [-0.1, -0.05) is 28.1 Å². The second-order valence-electron chi connectivity index (χ2n) is 4.80. The van der Waals surface area contributed by atoms with E-state index >= 15 is 0 Å². The number of hydrogen-bond acceptors (Lipinski definition) is 6. The van der Waals surface area contributed by atoms with Crippen molar-refractivity contribution in [1.82, 2.24) is 20.3 Å². The van der Waals surface area contributed by atoms with Gasteiger partial charge in [0.2, 0.25) is 0 Å². The Morgan fingerprint density at radius 1 is 1.09 bits per heavy atom. The smallest absolute Gasteiger partial charge is 0.269 e. The van der Waals surface area contributed by atoms with Gasteiger partial charge in [0.15, 0.2) is 0 Å². The van der Waals surface area contributed by atoms with Crippen molar-refractivity contribution in [2.24, 2.45) is 5.10 Å². The van der Waals surface area contributed by atoms with Crippen LogP contribution in [0.1, 0.15) is 12.5 Å². The molecule has 1 aromatic heterocycles. The summed E-state index contributed by atoms with van der Waals surface area (Å²) in [5, 5.41) is 19.1. The van der Waals surface area contributed by atoms with Crippen molar-refractivity contribution in [1.29, 1.82) is 0 Å². The summed E-state index contributed by atoms with van der Waals surface area (Å²) in [6.45, 7) is 1.90. The highest BCUT2D eigenvalue weighted by Gasteiger charge is 2.06. The van der Waals surface area contributed by atoms with Crippen LogP contribution in [0.15, 0.2) is 59.7 Å². The summed E-state index contributed by atoms with van der Waals surface area (Å²) in [5.74, 6) is 1.25. The summed E-state index contributed by atoms with van der Waals surface area (Å²) in [6.07, 6.45) is 0. The second-order valence-corrected chi connectivity index (χ2v) is 4.80. The number of tetrazole rings is 1. The molecule has 0 unspecified atom stereocenters. The van der Waals surface area contributed by atoms with Gasteiger partial charge in [-0.15, -0.1) is 0 Å². The van der Waals surface area contributed by atoms with Crippen LogP contribution in [0.2, 0.25) is 0 Å². The Hall–Kier alpha value is -3.22. The van der Waals surface area contributed by atoms with Crippen molar-refractivity contribution >= 4 is 17.3 Å². The lowest BCUT2D eigenvalue weighted by molar-refractivity contribution is 0.415. The van der Waals surface area contributed by atoms with E-state index in [1.54, 1.807) is 7.11 Å². The molecule has 0 saturated heterocycles. The monoisotopic (exact) mass is 308 g/mol. The van der Waals surface area contributed by atoms with Crippen LogP contribution in [-0.2, 0) is 0 Å². The van der Waals surface area contributed by atoms with Crippen molar-refractivity contribution in [3.05, 3.63) is 60.2 Å². The van der Waals surface area contributed by atoms with E-state index in [4.69, 9.17) is 4.74 Å². The lowest BCUT2D eigenvalue weighted by Gasteiger charge is -2.05. The number of ether oxygens (including phenoxy) is 1. The largest absolute Gasteiger partial charge is 0.497 e. The number of nitrogens with one attached hydrogen (secondary N) is 1. The van der Waals surface area contributed by atoms with Crippen LogP contribution in [0.25, 0.3) is 0 Å². The quantitative estimate of drug-likeness (QED) is 0.733. The number of benzene rings is 2. The molecule has 2 aromatic carbocycles. The maximum atomic E-state index is 5.15. The number of anilines is 2.